The van der Waals surface area contributed by atoms with Crippen LogP contribution in [0.3, 0.4) is 0 Å². The summed E-state index contributed by atoms with van der Waals surface area (Å²) in [6.07, 6.45) is 0. The molecule has 5 rings (SSSR count). The van der Waals surface area contributed by atoms with Crippen LogP contribution in [-0.4, -0.2) is 58.0 Å². The lowest BCUT2D eigenvalue weighted by Gasteiger charge is -2.34. The van der Waals surface area contributed by atoms with Crippen LogP contribution in [0.2, 0.25) is 0 Å². The van der Waals surface area contributed by atoms with Crippen molar-refractivity contribution in [1.29, 1.82) is 0 Å². The molecule has 1 saturated heterocycles. The third-order valence-electron chi connectivity index (χ3n) is 6.32. The van der Waals surface area contributed by atoms with Gasteiger partial charge in [0, 0.05) is 43.9 Å². The predicted octanol–water partition coefficient (Wildman–Crippen LogP) is 4.53. The summed E-state index contributed by atoms with van der Waals surface area (Å²) in [6.45, 7) is 7.35. The Morgan fingerprint density at radius 3 is 2.25 bits per heavy atom. The second-order valence-corrected chi connectivity index (χ2v) is 8.30. The van der Waals surface area contributed by atoms with Crippen LogP contribution >= 0.6 is 0 Å². The number of carbonyl (C=O) groups excluding carboxylic acids is 1. The van der Waals surface area contributed by atoms with Gasteiger partial charge in [0.2, 0.25) is 0 Å². The predicted molar refractivity (Wildman–Crippen MR) is 129 cm³/mol. The maximum absolute atomic E-state index is 13.3. The van der Waals surface area contributed by atoms with E-state index in [2.05, 4.69) is 52.8 Å². The molecule has 162 valence electrons. The first kappa shape index (κ1) is 20.5. The molecule has 3 aromatic carbocycles. The number of carbonyl (C=O) groups is 1. The molecule has 4 aromatic rings. The van der Waals surface area contributed by atoms with Gasteiger partial charge in [-0.1, -0.05) is 67.6 Å². The molecular formula is C27H28N4O. The fourth-order valence-corrected chi connectivity index (χ4v) is 4.44. The van der Waals surface area contributed by atoms with Gasteiger partial charge in [0.05, 0.1) is 11.0 Å². The first-order valence-corrected chi connectivity index (χ1v) is 11.3. The molecule has 0 atom stereocenters. The van der Waals surface area contributed by atoms with Gasteiger partial charge in [0.15, 0.2) is 0 Å². The topological polar surface area (TPSA) is 41.4 Å². The summed E-state index contributed by atoms with van der Waals surface area (Å²) in [5, 5.41) is 0. The molecule has 0 unspecified atom stereocenters. The van der Waals surface area contributed by atoms with Gasteiger partial charge in [0.1, 0.15) is 5.82 Å². The Balaban J connectivity index is 1.54. The number of hydrogen-bond donors (Lipinski definition) is 0. The van der Waals surface area contributed by atoms with Gasteiger partial charge < -0.3 is 14.4 Å². The number of nitrogens with zero attached hydrogens (tertiary/aromatic N) is 4. The molecule has 0 saturated carbocycles. The number of benzene rings is 3. The Kier molecular flexibility index (Phi) is 5.73. The average molecular weight is 425 g/mol. The second kappa shape index (κ2) is 8.97. The van der Waals surface area contributed by atoms with Crippen LogP contribution in [-0.2, 0) is 6.54 Å². The molecule has 32 heavy (non-hydrogen) atoms. The Hall–Kier alpha value is -3.44. The molecule has 1 amide bonds. The first-order chi connectivity index (χ1) is 15.7. The summed E-state index contributed by atoms with van der Waals surface area (Å²) in [6, 6.07) is 26.6. The molecule has 0 radical (unpaired) electrons. The Bertz CT molecular complexity index is 1210. The number of likely N-dealkylation sites (N-methyl/N-ethyl adjacent to an activating group) is 1. The van der Waals surface area contributed by atoms with Crippen molar-refractivity contribution in [3.05, 3.63) is 90.0 Å². The molecule has 0 aliphatic carbocycles. The van der Waals surface area contributed by atoms with E-state index in [1.165, 1.54) is 5.56 Å². The highest BCUT2D eigenvalue weighted by atomic mass is 16.2. The Morgan fingerprint density at radius 2 is 1.56 bits per heavy atom. The highest BCUT2D eigenvalue weighted by Crippen LogP contribution is 2.27. The summed E-state index contributed by atoms with van der Waals surface area (Å²) in [7, 11) is 0. The van der Waals surface area contributed by atoms with Crippen molar-refractivity contribution < 1.29 is 4.79 Å². The van der Waals surface area contributed by atoms with Crippen LogP contribution in [0.25, 0.3) is 22.4 Å². The lowest BCUT2D eigenvalue weighted by atomic mass is 10.1. The first-order valence-electron chi connectivity index (χ1n) is 11.3. The molecule has 1 fully saturated rings. The van der Waals surface area contributed by atoms with Crippen LogP contribution in [0.4, 0.5) is 0 Å². The minimum Gasteiger partial charge on any atom is -0.336 e. The van der Waals surface area contributed by atoms with Crippen molar-refractivity contribution in [1.82, 2.24) is 19.4 Å². The minimum absolute atomic E-state index is 0.108. The standard InChI is InChI=1S/C27H28N4O/c1-2-29-15-17-30(18-16-29)27(32)23-13-14-24-25(19-23)31(20-21-9-5-3-6-10-21)26(28-24)22-11-7-4-8-12-22/h3-14,19H,2,15-18,20H2,1H3. The van der Waals surface area contributed by atoms with E-state index >= 15 is 0 Å². The van der Waals surface area contributed by atoms with Crippen LogP contribution in [0.15, 0.2) is 78.9 Å². The van der Waals surface area contributed by atoms with E-state index in [1.54, 1.807) is 0 Å². The Morgan fingerprint density at radius 1 is 0.875 bits per heavy atom. The number of hydrogen-bond acceptors (Lipinski definition) is 3. The van der Waals surface area contributed by atoms with E-state index in [4.69, 9.17) is 4.98 Å². The molecule has 5 heteroatoms. The lowest BCUT2D eigenvalue weighted by Crippen LogP contribution is -2.48. The Labute approximate surface area is 188 Å². The van der Waals surface area contributed by atoms with E-state index < -0.39 is 0 Å². The number of piperazine rings is 1. The fourth-order valence-electron chi connectivity index (χ4n) is 4.44. The number of fused-ring (bicyclic) bond motifs is 1. The molecule has 2 heterocycles. The monoisotopic (exact) mass is 424 g/mol. The highest BCUT2D eigenvalue weighted by molar-refractivity contribution is 5.98. The van der Waals surface area contributed by atoms with Crippen LogP contribution in [0.1, 0.15) is 22.8 Å². The maximum atomic E-state index is 13.3. The van der Waals surface area contributed by atoms with Crippen molar-refractivity contribution in [2.24, 2.45) is 0 Å². The summed E-state index contributed by atoms with van der Waals surface area (Å²) >= 11 is 0. The van der Waals surface area contributed by atoms with E-state index in [-0.39, 0.29) is 5.91 Å². The van der Waals surface area contributed by atoms with Crippen LogP contribution in [0, 0.1) is 0 Å². The zero-order chi connectivity index (χ0) is 21.9. The van der Waals surface area contributed by atoms with Gasteiger partial charge >= 0.3 is 0 Å². The van der Waals surface area contributed by atoms with E-state index in [0.29, 0.717) is 6.54 Å². The van der Waals surface area contributed by atoms with Crippen molar-refractivity contribution >= 4 is 16.9 Å². The summed E-state index contributed by atoms with van der Waals surface area (Å²) in [5.41, 5.74) is 4.91. The SMILES string of the molecule is CCN1CCN(C(=O)c2ccc3nc(-c4ccccc4)n(Cc4ccccc4)c3c2)CC1. The number of imidazole rings is 1. The largest absolute Gasteiger partial charge is 0.336 e. The molecular weight excluding hydrogens is 396 g/mol. The fraction of sp³-hybridized carbons (Fsp3) is 0.259. The van der Waals surface area contributed by atoms with Crippen LogP contribution in [0.5, 0.6) is 0 Å². The summed E-state index contributed by atoms with van der Waals surface area (Å²) in [4.78, 5) is 22.6. The summed E-state index contributed by atoms with van der Waals surface area (Å²) in [5.74, 6) is 1.03. The van der Waals surface area contributed by atoms with Gasteiger partial charge in [-0.25, -0.2) is 4.98 Å². The second-order valence-electron chi connectivity index (χ2n) is 8.30. The summed E-state index contributed by atoms with van der Waals surface area (Å²) < 4.78 is 2.23. The minimum atomic E-state index is 0.108. The molecule has 1 aliphatic heterocycles. The zero-order valence-electron chi connectivity index (χ0n) is 18.4. The van der Waals surface area contributed by atoms with Crippen molar-refractivity contribution in [2.45, 2.75) is 13.5 Å². The molecule has 5 nitrogen and oxygen atoms in total. The number of aromatic nitrogens is 2. The van der Waals surface area contributed by atoms with E-state index in [0.717, 1.165) is 60.7 Å². The molecule has 0 bridgehead atoms. The van der Waals surface area contributed by atoms with Crippen LogP contribution < -0.4 is 0 Å². The normalized spacial score (nSPS) is 14.7. The lowest BCUT2D eigenvalue weighted by molar-refractivity contribution is 0.0643. The van der Waals surface area contributed by atoms with Gasteiger partial charge in [-0.05, 0) is 30.3 Å². The number of rotatable bonds is 5. The van der Waals surface area contributed by atoms with E-state index in [1.807, 2.05) is 47.4 Å². The van der Waals surface area contributed by atoms with E-state index in [9.17, 15) is 4.79 Å². The van der Waals surface area contributed by atoms with Crippen molar-refractivity contribution in [3.8, 4) is 11.4 Å². The molecule has 1 aromatic heterocycles. The zero-order valence-corrected chi connectivity index (χ0v) is 18.4. The van der Waals surface area contributed by atoms with Gasteiger partial charge in [-0.15, -0.1) is 0 Å². The quantitative estimate of drug-likeness (QED) is 0.473. The maximum Gasteiger partial charge on any atom is 0.254 e. The highest BCUT2D eigenvalue weighted by Gasteiger charge is 2.22. The van der Waals surface area contributed by atoms with Gasteiger partial charge in [0.25, 0.3) is 5.91 Å². The van der Waals surface area contributed by atoms with Gasteiger partial charge in [-0.3, -0.25) is 4.79 Å². The average Bonchev–Trinajstić information content (AvgIpc) is 3.22. The van der Waals surface area contributed by atoms with Gasteiger partial charge in [-0.2, -0.15) is 0 Å². The molecule has 0 spiro atoms. The van der Waals surface area contributed by atoms with Crippen molar-refractivity contribution in [3.63, 3.8) is 0 Å². The smallest absolute Gasteiger partial charge is 0.254 e. The molecule has 0 N–H and O–H groups in total. The third kappa shape index (κ3) is 4.04. The third-order valence-corrected chi connectivity index (χ3v) is 6.32. The number of amides is 1. The van der Waals surface area contributed by atoms with Crippen molar-refractivity contribution in [2.75, 3.05) is 32.7 Å². The molecule has 1 aliphatic rings.